The van der Waals surface area contributed by atoms with Crippen LogP contribution in [-0.4, -0.2) is 16.6 Å². The first-order valence-corrected chi connectivity index (χ1v) is 6.03. The molecule has 0 saturated carbocycles. The van der Waals surface area contributed by atoms with E-state index in [1.807, 2.05) is 49.4 Å². The van der Waals surface area contributed by atoms with Crippen molar-refractivity contribution >= 4 is 11.6 Å². The average molecular weight is 253 g/mol. The van der Waals surface area contributed by atoms with E-state index in [1.165, 1.54) is 0 Å². The van der Waals surface area contributed by atoms with Gasteiger partial charge in [0.1, 0.15) is 0 Å². The van der Waals surface area contributed by atoms with E-state index < -0.39 is 0 Å². The molecule has 1 amide bonds. The highest BCUT2D eigenvalue weighted by molar-refractivity contribution is 5.99. The first-order valence-electron chi connectivity index (χ1n) is 6.03. The van der Waals surface area contributed by atoms with Gasteiger partial charge >= 0.3 is 0 Å². The van der Waals surface area contributed by atoms with Gasteiger partial charge in [0.25, 0.3) is 0 Å². The molecule has 2 aromatic rings. The van der Waals surface area contributed by atoms with Crippen molar-refractivity contribution in [3.8, 4) is 0 Å². The molecule has 1 aromatic heterocycles. The Morgan fingerprint density at radius 3 is 2.53 bits per heavy atom. The number of pyridine rings is 1. The Kier molecular flexibility index (Phi) is 4.39. The normalized spacial score (nSPS) is 11.1. The monoisotopic (exact) mass is 253 g/mol. The second-order valence-electron chi connectivity index (χ2n) is 4.13. The minimum Gasteiger partial charge on any atom is -0.273 e. The maximum atomic E-state index is 11.7. The van der Waals surface area contributed by atoms with Crippen LogP contribution in [0.25, 0.3) is 0 Å². The molecular weight excluding hydrogens is 238 g/mol. The molecule has 1 heterocycles. The Hall–Kier alpha value is -2.49. The van der Waals surface area contributed by atoms with E-state index >= 15 is 0 Å². The van der Waals surface area contributed by atoms with Gasteiger partial charge < -0.3 is 0 Å². The number of rotatable bonds is 4. The van der Waals surface area contributed by atoms with Crippen molar-refractivity contribution in [2.45, 2.75) is 13.3 Å². The van der Waals surface area contributed by atoms with E-state index in [9.17, 15) is 4.79 Å². The SMILES string of the molecule is CC(=NNC(=O)Cc1ccccc1)c1ccncc1. The van der Waals surface area contributed by atoms with Crippen molar-refractivity contribution in [3.63, 3.8) is 0 Å². The molecule has 0 unspecified atom stereocenters. The molecule has 2 rings (SSSR count). The number of carbonyl (C=O) groups is 1. The molecule has 1 N–H and O–H groups in total. The van der Waals surface area contributed by atoms with Crippen molar-refractivity contribution in [2.75, 3.05) is 0 Å². The molecule has 0 bridgehead atoms. The zero-order valence-electron chi connectivity index (χ0n) is 10.7. The summed E-state index contributed by atoms with van der Waals surface area (Å²) in [7, 11) is 0. The number of hydrogen-bond donors (Lipinski definition) is 1. The van der Waals surface area contributed by atoms with Crippen LogP contribution in [0.5, 0.6) is 0 Å². The van der Waals surface area contributed by atoms with Gasteiger partial charge in [0, 0.05) is 18.0 Å². The van der Waals surface area contributed by atoms with Gasteiger partial charge in [-0.1, -0.05) is 30.3 Å². The lowest BCUT2D eigenvalue weighted by atomic mass is 10.1. The number of carbonyl (C=O) groups excluding carboxylic acids is 1. The van der Waals surface area contributed by atoms with E-state index in [1.54, 1.807) is 12.4 Å². The van der Waals surface area contributed by atoms with E-state index in [-0.39, 0.29) is 5.91 Å². The Bertz CT molecular complexity index is 564. The number of nitrogens with zero attached hydrogens (tertiary/aromatic N) is 2. The highest BCUT2D eigenvalue weighted by Gasteiger charge is 2.02. The summed E-state index contributed by atoms with van der Waals surface area (Å²) in [6.07, 6.45) is 3.72. The lowest BCUT2D eigenvalue weighted by Crippen LogP contribution is -2.21. The van der Waals surface area contributed by atoms with Crippen molar-refractivity contribution in [3.05, 3.63) is 66.0 Å². The van der Waals surface area contributed by atoms with E-state index in [4.69, 9.17) is 0 Å². The average Bonchev–Trinajstić information content (AvgIpc) is 2.47. The second-order valence-corrected chi connectivity index (χ2v) is 4.13. The maximum absolute atomic E-state index is 11.7. The first kappa shape index (κ1) is 13.0. The smallest absolute Gasteiger partial charge is 0.244 e. The molecule has 0 fully saturated rings. The van der Waals surface area contributed by atoms with Crippen LogP contribution in [-0.2, 0) is 11.2 Å². The van der Waals surface area contributed by atoms with Gasteiger partial charge in [0.15, 0.2) is 0 Å². The highest BCUT2D eigenvalue weighted by Crippen LogP contribution is 2.00. The van der Waals surface area contributed by atoms with Crippen molar-refractivity contribution in [1.82, 2.24) is 10.4 Å². The molecule has 0 spiro atoms. The molecule has 0 aliphatic rings. The summed E-state index contributed by atoms with van der Waals surface area (Å²) >= 11 is 0. The molecular formula is C15H15N3O. The lowest BCUT2D eigenvalue weighted by Gasteiger charge is -2.03. The lowest BCUT2D eigenvalue weighted by molar-refractivity contribution is -0.120. The minimum absolute atomic E-state index is 0.125. The third kappa shape index (κ3) is 4.03. The number of benzene rings is 1. The molecule has 96 valence electrons. The van der Waals surface area contributed by atoms with Crippen molar-refractivity contribution in [2.24, 2.45) is 5.10 Å². The van der Waals surface area contributed by atoms with Gasteiger partial charge in [0.05, 0.1) is 12.1 Å². The van der Waals surface area contributed by atoms with Crippen molar-refractivity contribution in [1.29, 1.82) is 0 Å². The zero-order chi connectivity index (χ0) is 13.5. The largest absolute Gasteiger partial charge is 0.273 e. The van der Waals surface area contributed by atoms with Crippen LogP contribution in [0.2, 0.25) is 0 Å². The summed E-state index contributed by atoms with van der Waals surface area (Å²) in [5, 5.41) is 4.08. The Morgan fingerprint density at radius 2 is 1.84 bits per heavy atom. The number of hydrazone groups is 1. The number of amides is 1. The predicted molar refractivity (Wildman–Crippen MR) is 74.7 cm³/mol. The quantitative estimate of drug-likeness (QED) is 0.670. The summed E-state index contributed by atoms with van der Waals surface area (Å²) in [5.74, 6) is -0.125. The minimum atomic E-state index is -0.125. The summed E-state index contributed by atoms with van der Waals surface area (Å²) in [6, 6.07) is 13.3. The Morgan fingerprint density at radius 1 is 1.16 bits per heavy atom. The summed E-state index contributed by atoms with van der Waals surface area (Å²) in [4.78, 5) is 15.7. The summed E-state index contributed by atoms with van der Waals surface area (Å²) in [5.41, 5.74) is 5.22. The van der Waals surface area contributed by atoms with E-state index in [0.29, 0.717) is 6.42 Å². The fourth-order valence-electron chi connectivity index (χ4n) is 1.62. The Balaban J connectivity index is 1.93. The molecule has 0 aliphatic carbocycles. The van der Waals surface area contributed by atoms with Crippen LogP contribution in [0.15, 0.2) is 60.0 Å². The standard InChI is InChI=1S/C15H15N3O/c1-12(14-7-9-16-10-8-14)17-18-15(19)11-13-5-3-2-4-6-13/h2-10H,11H2,1H3,(H,18,19). The number of aromatic nitrogens is 1. The maximum Gasteiger partial charge on any atom is 0.244 e. The topological polar surface area (TPSA) is 54.4 Å². The van der Waals surface area contributed by atoms with E-state index in [0.717, 1.165) is 16.8 Å². The Labute approximate surface area is 112 Å². The van der Waals surface area contributed by atoms with Crippen LogP contribution >= 0.6 is 0 Å². The van der Waals surface area contributed by atoms with Gasteiger partial charge in [-0.25, -0.2) is 5.43 Å². The molecule has 0 aliphatic heterocycles. The third-order valence-corrected chi connectivity index (χ3v) is 2.65. The predicted octanol–water partition coefficient (Wildman–Crippen LogP) is 2.16. The van der Waals surface area contributed by atoms with Crippen LogP contribution in [0.4, 0.5) is 0 Å². The molecule has 4 nitrogen and oxygen atoms in total. The van der Waals surface area contributed by atoms with Gasteiger partial charge in [-0.2, -0.15) is 5.10 Å². The second kappa shape index (κ2) is 6.44. The van der Waals surface area contributed by atoms with Gasteiger partial charge in [-0.05, 0) is 24.6 Å². The molecule has 4 heteroatoms. The fourth-order valence-corrected chi connectivity index (χ4v) is 1.62. The first-order chi connectivity index (χ1) is 9.25. The van der Waals surface area contributed by atoms with E-state index in [2.05, 4.69) is 15.5 Å². The fraction of sp³-hybridized carbons (Fsp3) is 0.133. The van der Waals surface area contributed by atoms with Crippen LogP contribution < -0.4 is 5.43 Å². The molecule has 0 saturated heterocycles. The zero-order valence-corrected chi connectivity index (χ0v) is 10.7. The third-order valence-electron chi connectivity index (χ3n) is 2.65. The van der Waals surface area contributed by atoms with Gasteiger partial charge in [0.2, 0.25) is 5.91 Å². The van der Waals surface area contributed by atoms with Crippen LogP contribution in [0, 0.1) is 0 Å². The van der Waals surface area contributed by atoms with Crippen molar-refractivity contribution < 1.29 is 4.79 Å². The molecule has 0 atom stereocenters. The van der Waals surface area contributed by atoms with Crippen LogP contribution in [0.1, 0.15) is 18.1 Å². The number of nitrogens with one attached hydrogen (secondary N) is 1. The summed E-state index contributed by atoms with van der Waals surface area (Å²) < 4.78 is 0. The summed E-state index contributed by atoms with van der Waals surface area (Å²) in [6.45, 7) is 1.85. The molecule has 1 aromatic carbocycles. The van der Waals surface area contributed by atoms with Gasteiger partial charge in [-0.15, -0.1) is 0 Å². The molecule has 19 heavy (non-hydrogen) atoms. The molecule has 0 radical (unpaired) electrons. The number of hydrogen-bond acceptors (Lipinski definition) is 3. The van der Waals surface area contributed by atoms with Crippen LogP contribution in [0.3, 0.4) is 0 Å². The van der Waals surface area contributed by atoms with Gasteiger partial charge in [-0.3, -0.25) is 9.78 Å². The highest BCUT2D eigenvalue weighted by atomic mass is 16.2.